The normalized spacial score (nSPS) is 10.6. The van der Waals surface area contributed by atoms with Crippen molar-refractivity contribution in [3.05, 3.63) is 46.3 Å². The van der Waals surface area contributed by atoms with Crippen molar-refractivity contribution in [3.63, 3.8) is 0 Å². The van der Waals surface area contributed by atoms with E-state index in [0.717, 1.165) is 20.9 Å². The molecular weight excluding hydrogens is 384 g/mol. The Balaban J connectivity index is 1.55. The van der Waals surface area contributed by atoms with Crippen LogP contribution in [0.5, 0.6) is 0 Å². The van der Waals surface area contributed by atoms with E-state index in [1.54, 1.807) is 11.3 Å². The number of carbonyl (C=O) groups is 1. The fraction of sp³-hybridized carbons (Fsp3) is 0.0714. The predicted octanol–water partition coefficient (Wildman–Crippen LogP) is 4.03. The van der Waals surface area contributed by atoms with E-state index in [2.05, 4.69) is 36.4 Å². The largest absolute Gasteiger partial charge is 0.325 e. The highest BCUT2D eigenvalue weighted by molar-refractivity contribution is 9.10. The first-order valence-electron chi connectivity index (χ1n) is 6.35. The SMILES string of the molecule is O=C(CSc1n[nH]c(-c2cccs2)n1)Nc1cccc(Br)c1. The van der Waals surface area contributed by atoms with Gasteiger partial charge in [-0.3, -0.25) is 9.89 Å². The summed E-state index contributed by atoms with van der Waals surface area (Å²) < 4.78 is 0.924. The number of aromatic nitrogens is 3. The summed E-state index contributed by atoms with van der Waals surface area (Å²) in [5, 5.41) is 12.4. The van der Waals surface area contributed by atoms with Crippen LogP contribution in [-0.4, -0.2) is 26.8 Å². The molecule has 0 bridgehead atoms. The Hall–Kier alpha value is -1.64. The van der Waals surface area contributed by atoms with E-state index in [1.807, 2.05) is 41.8 Å². The number of rotatable bonds is 5. The van der Waals surface area contributed by atoms with Crippen LogP contribution in [0.1, 0.15) is 0 Å². The molecule has 8 heteroatoms. The van der Waals surface area contributed by atoms with Crippen molar-refractivity contribution in [1.29, 1.82) is 0 Å². The first kappa shape index (κ1) is 15.3. The summed E-state index contributed by atoms with van der Waals surface area (Å²) in [6.07, 6.45) is 0. The molecule has 22 heavy (non-hydrogen) atoms. The minimum atomic E-state index is -0.0921. The molecule has 0 spiro atoms. The number of hydrogen-bond donors (Lipinski definition) is 2. The smallest absolute Gasteiger partial charge is 0.234 e. The first-order chi connectivity index (χ1) is 10.7. The quantitative estimate of drug-likeness (QED) is 0.640. The molecular formula is C14H11BrN4OS2. The van der Waals surface area contributed by atoms with E-state index in [-0.39, 0.29) is 11.7 Å². The Morgan fingerprint density at radius 2 is 2.27 bits per heavy atom. The molecule has 3 rings (SSSR count). The van der Waals surface area contributed by atoms with Gasteiger partial charge in [-0.15, -0.1) is 16.4 Å². The standard InChI is InChI=1S/C14H11BrN4OS2/c15-9-3-1-4-10(7-9)16-12(20)8-22-14-17-13(18-19-14)11-5-2-6-21-11/h1-7H,8H2,(H,16,20)(H,17,18,19). The second kappa shape index (κ2) is 7.08. The van der Waals surface area contributed by atoms with E-state index in [1.165, 1.54) is 11.8 Å². The molecule has 0 saturated heterocycles. The second-order valence-corrected chi connectivity index (χ2v) is 7.10. The van der Waals surface area contributed by atoms with E-state index >= 15 is 0 Å². The van der Waals surface area contributed by atoms with Crippen LogP contribution in [0.25, 0.3) is 10.7 Å². The molecule has 1 aromatic carbocycles. The molecule has 112 valence electrons. The van der Waals surface area contributed by atoms with Crippen molar-refractivity contribution >= 4 is 50.6 Å². The Kier molecular flexibility index (Phi) is 4.91. The van der Waals surface area contributed by atoms with Crippen molar-refractivity contribution in [2.75, 3.05) is 11.1 Å². The molecule has 0 unspecified atom stereocenters. The van der Waals surface area contributed by atoms with Crippen molar-refractivity contribution in [2.24, 2.45) is 0 Å². The maximum atomic E-state index is 11.9. The lowest BCUT2D eigenvalue weighted by Gasteiger charge is -2.04. The minimum absolute atomic E-state index is 0.0921. The average Bonchev–Trinajstić information content (AvgIpc) is 3.16. The highest BCUT2D eigenvalue weighted by Gasteiger charge is 2.09. The number of benzene rings is 1. The summed E-state index contributed by atoms with van der Waals surface area (Å²) >= 11 is 6.26. The summed E-state index contributed by atoms with van der Waals surface area (Å²) in [6.45, 7) is 0. The van der Waals surface area contributed by atoms with Gasteiger partial charge in [0.15, 0.2) is 5.82 Å². The molecule has 1 amide bonds. The van der Waals surface area contributed by atoms with Crippen LogP contribution >= 0.6 is 39.0 Å². The molecule has 2 N–H and O–H groups in total. The third kappa shape index (κ3) is 3.96. The van der Waals surface area contributed by atoms with Crippen molar-refractivity contribution in [2.45, 2.75) is 5.16 Å². The molecule has 0 aliphatic heterocycles. The van der Waals surface area contributed by atoms with Crippen LogP contribution < -0.4 is 5.32 Å². The fourth-order valence-electron chi connectivity index (χ4n) is 1.73. The topological polar surface area (TPSA) is 70.7 Å². The second-order valence-electron chi connectivity index (χ2n) is 4.29. The zero-order valence-electron chi connectivity index (χ0n) is 11.2. The van der Waals surface area contributed by atoms with Crippen molar-refractivity contribution in [1.82, 2.24) is 15.2 Å². The first-order valence-corrected chi connectivity index (χ1v) is 9.01. The van der Waals surface area contributed by atoms with Gasteiger partial charge in [0.1, 0.15) is 0 Å². The maximum absolute atomic E-state index is 11.9. The van der Waals surface area contributed by atoms with Crippen LogP contribution in [0.3, 0.4) is 0 Å². The monoisotopic (exact) mass is 394 g/mol. The average molecular weight is 395 g/mol. The minimum Gasteiger partial charge on any atom is -0.325 e. The van der Waals surface area contributed by atoms with E-state index in [4.69, 9.17) is 0 Å². The molecule has 0 fully saturated rings. The van der Waals surface area contributed by atoms with Gasteiger partial charge in [0, 0.05) is 10.2 Å². The lowest BCUT2D eigenvalue weighted by Crippen LogP contribution is -2.14. The fourth-order valence-corrected chi connectivity index (χ4v) is 3.39. The summed E-state index contributed by atoms with van der Waals surface area (Å²) in [6, 6.07) is 11.4. The van der Waals surface area contributed by atoms with Crippen molar-refractivity contribution < 1.29 is 4.79 Å². The molecule has 0 atom stereocenters. The summed E-state index contributed by atoms with van der Waals surface area (Å²) in [5.74, 6) is 0.893. The van der Waals surface area contributed by atoms with Gasteiger partial charge in [-0.05, 0) is 29.6 Å². The number of amides is 1. The maximum Gasteiger partial charge on any atom is 0.234 e. The molecule has 0 aliphatic carbocycles. The van der Waals surface area contributed by atoms with Crippen LogP contribution in [-0.2, 0) is 4.79 Å². The highest BCUT2D eigenvalue weighted by atomic mass is 79.9. The predicted molar refractivity (Wildman–Crippen MR) is 93.2 cm³/mol. The van der Waals surface area contributed by atoms with E-state index < -0.39 is 0 Å². The molecule has 2 aromatic heterocycles. The van der Waals surface area contributed by atoms with Crippen LogP contribution in [0.15, 0.2) is 51.4 Å². The number of hydrogen-bond acceptors (Lipinski definition) is 5. The highest BCUT2D eigenvalue weighted by Crippen LogP contribution is 2.23. The number of nitrogens with one attached hydrogen (secondary N) is 2. The number of halogens is 1. The number of H-pyrrole nitrogens is 1. The molecule has 0 radical (unpaired) electrons. The number of anilines is 1. The summed E-state index contributed by atoms with van der Waals surface area (Å²) in [4.78, 5) is 17.3. The van der Waals surface area contributed by atoms with E-state index in [9.17, 15) is 4.79 Å². The Labute approximate surface area is 143 Å². The number of carbonyl (C=O) groups excluding carboxylic acids is 1. The third-order valence-electron chi connectivity index (χ3n) is 2.66. The summed E-state index contributed by atoms with van der Waals surface area (Å²) in [5.41, 5.74) is 0.759. The number of thioether (sulfide) groups is 1. The number of thiophene rings is 1. The van der Waals surface area contributed by atoms with Gasteiger partial charge in [0.05, 0.1) is 10.6 Å². The van der Waals surface area contributed by atoms with Crippen LogP contribution in [0, 0.1) is 0 Å². The van der Waals surface area contributed by atoms with E-state index in [0.29, 0.717) is 5.16 Å². The van der Waals surface area contributed by atoms with Gasteiger partial charge in [-0.2, -0.15) is 0 Å². The third-order valence-corrected chi connectivity index (χ3v) is 4.88. The van der Waals surface area contributed by atoms with Gasteiger partial charge < -0.3 is 5.32 Å². The van der Waals surface area contributed by atoms with Gasteiger partial charge in [-0.1, -0.05) is 39.8 Å². The molecule has 2 heterocycles. The van der Waals surface area contributed by atoms with Crippen LogP contribution in [0.4, 0.5) is 5.69 Å². The number of nitrogens with zero attached hydrogens (tertiary/aromatic N) is 2. The zero-order chi connectivity index (χ0) is 15.4. The molecule has 5 nitrogen and oxygen atoms in total. The lowest BCUT2D eigenvalue weighted by molar-refractivity contribution is -0.113. The summed E-state index contributed by atoms with van der Waals surface area (Å²) in [7, 11) is 0. The van der Waals surface area contributed by atoms with Crippen molar-refractivity contribution in [3.8, 4) is 10.7 Å². The number of aromatic amines is 1. The molecule has 0 saturated carbocycles. The van der Waals surface area contributed by atoms with Gasteiger partial charge in [0.2, 0.25) is 11.1 Å². The molecule has 3 aromatic rings. The molecule has 0 aliphatic rings. The Morgan fingerprint density at radius 1 is 1.36 bits per heavy atom. The van der Waals surface area contributed by atoms with Gasteiger partial charge >= 0.3 is 0 Å². The van der Waals surface area contributed by atoms with Gasteiger partial charge in [0.25, 0.3) is 0 Å². The Morgan fingerprint density at radius 3 is 3.05 bits per heavy atom. The van der Waals surface area contributed by atoms with Gasteiger partial charge in [-0.25, -0.2) is 4.98 Å². The lowest BCUT2D eigenvalue weighted by atomic mass is 10.3. The van der Waals surface area contributed by atoms with Crippen LogP contribution in [0.2, 0.25) is 0 Å². The zero-order valence-corrected chi connectivity index (χ0v) is 14.5. The Bertz CT molecular complexity index is 773.